The lowest BCUT2D eigenvalue weighted by atomic mass is 10.0. The Balaban J connectivity index is 1.42. The summed E-state index contributed by atoms with van der Waals surface area (Å²) >= 11 is 0. The Bertz CT molecular complexity index is 1300. The summed E-state index contributed by atoms with van der Waals surface area (Å²) in [7, 11) is 0. The molecule has 34 heavy (non-hydrogen) atoms. The number of rotatable bonds is 7. The third kappa shape index (κ3) is 4.84. The van der Waals surface area contributed by atoms with E-state index < -0.39 is 5.82 Å². The van der Waals surface area contributed by atoms with Crippen molar-refractivity contribution in [3.8, 4) is 11.1 Å². The number of aromatic nitrogens is 2. The normalized spacial score (nSPS) is 14.1. The van der Waals surface area contributed by atoms with Crippen molar-refractivity contribution in [2.45, 2.75) is 19.4 Å². The zero-order valence-corrected chi connectivity index (χ0v) is 18.8. The van der Waals surface area contributed by atoms with Gasteiger partial charge >= 0.3 is 0 Å². The lowest BCUT2D eigenvalue weighted by molar-refractivity contribution is 0.0725. The Morgan fingerprint density at radius 2 is 1.71 bits per heavy atom. The molecule has 0 atom stereocenters. The van der Waals surface area contributed by atoms with E-state index in [4.69, 9.17) is 0 Å². The van der Waals surface area contributed by atoms with E-state index in [-0.39, 0.29) is 18.3 Å². The number of likely N-dealkylation sites (tertiary alicyclic amines) is 1. The number of carbonyl (C=O) groups excluding carboxylic acids is 1. The van der Waals surface area contributed by atoms with Gasteiger partial charge in [-0.25, -0.2) is 8.78 Å². The molecule has 2 heterocycles. The summed E-state index contributed by atoms with van der Waals surface area (Å²) in [6.07, 6.45) is 4.07. The van der Waals surface area contributed by atoms with Crippen molar-refractivity contribution in [3.63, 3.8) is 0 Å². The van der Waals surface area contributed by atoms with Crippen LogP contribution in [0.2, 0.25) is 0 Å². The van der Waals surface area contributed by atoms with E-state index in [2.05, 4.69) is 15.1 Å². The fraction of sp³-hybridized carbons (Fsp3) is 0.259. The molecule has 4 aromatic rings. The second-order valence-corrected chi connectivity index (χ2v) is 8.76. The van der Waals surface area contributed by atoms with Gasteiger partial charge in [-0.3, -0.25) is 9.89 Å². The van der Waals surface area contributed by atoms with E-state index in [0.29, 0.717) is 17.7 Å². The average Bonchev–Trinajstić information content (AvgIpc) is 3.54. The SMILES string of the molecule is O=C(c1ccc(F)cc1)N(CCN1CCCC1)Cc1cc(-c2ccc3[nH]ncc3c2)ccc1F. The molecule has 1 N–H and O–H groups in total. The number of benzene rings is 3. The molecule has 0 bridgehead atoms. The molecular formula is C27H26F2N4O. The number of H-pyrrole nitrogens is 1. The number of hydrogen-bond acceptors (Lipinski definition) is 3. The predicted octanol–water partition coefficient (Wildman–Crippen LogP) is 5.25. The lowest BCUT2D eigenvalue weighted by Crippen LogP contribution is -2.37. The molecule has 0 saturated carbocycles. The van der Waals surface area contributed by atoms with Crippen LogP contribution in [-0.4, -0.2) is 52.1 Å². The molecule has 5 rings (SSSR count). The first kappa shape index (κ1) is 22.2. The van der Waals surface area contributed by atoms with Crippen molar-refractivity contribution in [3.05, 3.63) is 89.6 Å². The Morgan fingerprint density at radius 1 is 0.971 bits per heavy atom. The van der Waals surface area contributed by atoms with Gasteiger partial charge in [0.05, 0.1) is 11.7 Å². The first-order valence-electron chi connectivity index (χ1n) is 11.6. The zero-order chi connectivity index (χ0) is 23.5. The topological polar surface area (TPSA) is 52.2 Å². The van der Waals surface area contributed by atoms with Gasteiger partial charge in [0.25, 0.3) is 5.91 Å². The minimum Gasteiger partial charge on any atom is -0.333 e. The quantitative estimate of drug-likeness (QED) is 0.410. The second-order valence-electron chi connectivity index (χ2n) is 8.76. The summed E-state index contributed by atoms with van der Waals surface area (Å²) in [5.41, 5.74) is 3.59. The van der Waals surface area contributed by atoms with Gasteiger partial charge in [0.15, 0.2) is 0 Å². The summed E-state index contributed by atoms with van der Waals surface area (Å²) in [5.74, 6) is -0.983. The number of aromatic amines is 1. The number of nitrogens with zero attached hydrogens (tertiary/aromatic N) is 3. The molecule has 0 aliphatic carbocycles. The van der Waals surface area contributed by atoms with Crippen LogP contribution in [0.1, 0.15) is 28.8 Å². The second kappa shape index (κ2) is 9.73. The van der Waals surface area contributed by atoms with Crippen LogP contribution in [0.15, 0.2) is 66.9 Å². The number of halogens is 2. The third-order valence-electron chi connectivity index (χ3n) is 6.44. The van der Waals surface area contributed by atoms with Gasteiger partial charge < -0.3 is 9.80 Å². The van der Waals surface area contributed by atoms with Crippen LogP contribution in [-0.2, 0) is 6.54 Å². The maximum atomic E-state index is 14.9. The largest absolute Gasteiger partial charge is 0.333 e. The number of fused-ring (bicyclic) bond motifs is 1. The number of amides is 1. The van der Waals surface area contributed by atoms with E-state index in [9.17, 15) is 13.6 Å². The van der Waals surface area contributed by atoms with Crippen LogP contribution in [0.4, 0.5) is 8.78 Å². The number of carbonyl (C=O) groups is 1. The zero-order valence-electron chi connectivity index (χ0n) is 18.8. The highest BCUT2D eigenvalue weighted by Crippen LogP contribution is 2.26. The third-order valence-corrected chi connectivity index (χ3v) is 6.44. The fourth-order valence-corrected chi connectivity index (χ4v) is 4.50. The molecule has 0 unspecified atom stereocenters. The molecule has 7 heteroatoms. The van der Waals surface area contributed by atoms with Crippen LogP contribution in [0, 0.1) is 11.6 Å². The van der Waals surface area contributed by atoms with E-state index >= 15 is 0 Å². The van der Waals surface area contributed by atoms with Crippen molar-refractivity contribution in [1.82, 2.24) is 20.0 Å². The van der Waals surface area contributed by atoms with E-state index in [1.54, 1.807) is 23.2 Å². The van der Waals surface area contributed by atoms with Gasteiger partial charge in [0, 0.05) is 36.1 Å². The molecule has 0 spiro atoms. The molecule has 1 saturated heterocycles. The van der Waals surface area contributed by atoms with Crippen molar-refractivity contribution in [2.24, 2.45) is 0 Å². The Morgan fingerprint density at radius 3 is 2.50 bits per heavy atom. The minimum atomic E-state index is -0.395. The van der Waals surface area contributed by atoms with Gasteiger partial charge in [-0.05, 0) is 85.6 Å². The van der Waals surface area contributed by atoms with Gasteiger partial charge in [0.1, 0.15) is 11.6 Å². The van der Waals surface area contributed by atoms with Gasteiger partial charge in [-0.2, -0.15) is 5.10 Å². The van der Waals surface area contributed by atoms with Gasteiger partial charge in [0.2, 0.25) is 0 Å². The summed E-state index contributed by atoms with van der Waals surface area (Å²) in [6, 6.07) is 16.4. The first-order valence-corrected chi connectivity index (χ1v) is 11.6. The Kier molecular flexibility index (Phi) is 6.36. The van der Waals surface area contributed by atoms with Crippen LogP contribution >= 0.6 is 0 Å². The van der Waals surface area contributed by atoms with Crippen molar-refractivity contribution in [1.29, 1.82) is 0 Å². The molecule has 1 aromatic heterocycles. The summed E-state index contributed by atoms with van der Waals surface area (Å²) in [6.45, 7) is 3.36. The van der Waals surface area contributed by atoms with Gasteiger partial charge in [-0.1, -0.05) is 12.1 Å². The molecule has 0 radical (unpaired) electrons. The van der Waals surface area contributed by atoms with Crippen molar-refractivity contribution >= 4 is 16.8 Å². The number of nitrogens with one attached hydrogen (secondary N) is 1. The molecule has 3 aromatic carbocycles. The van der Waals surface area contributed by atoms with E-state index in [0.717, 1.165) is 54.5 Å². The average molecular weight is 461 g/mol. The van der Waals surface area contributed by atoms with E-state index in [1.807, 2.05) is 18.2 Å². The molecule has 1 aliphatic heterocycles. The molecular weight excluding hydrogens is 434 g/mol. The highest BCUT2D eigenvalue weighted by atomic mass is 19.1. The smallest absolute Gasteiger partial charge is 0.254 e. The summed E-state index contributed by atoms with van der Waals surface area (Å²) in [4.78, 5) is 17.3. The molecule has 1 fully saturated rings. The summed E-state index contributed by atoms with van der Waals surface area (Å²) in [5, 5.41) is 7.96. The van der Waals surface area contributed by atoms with Gasteiger partial charge in [-0.15, -0.1) is 0 Å². The highest BCUT2D eigenvalue weighted by molar-refractivity contribution is 5.94. The summed E-state index contributed by atoms with van der Waals surface area (Å²) < 4.78 is 28.3. The van der Waals surface area contributed by atoms with Crippen molar-refractivity contribution < 1.29 is 13.6 Å². The fourth-order valence-electron chi connectivity index (χ4n) is 4.50. The minimum absolute atomic E-state index is 0.137. The predicted molar refractivity (Wildman–Crippen MR) is 128 cm³/mol. The number of hydrogen-bond donors (Lipinski definition) is 1. The Hall–Kier alpha value is -3.58. The van der Waals surface area contributed by atoms with E-state index in [1.165, 1.54) is 30.3 Å². The van der Waals surface area contributed by atoms with Crippen LogP contribution in [0.25, 0.3) is 22.0 Å². The molecule has 1 amide bonds. The lowest BCUT2D eigenvalue weighted by Gasteiger charge is -2.26. The van der Waals surface area contributed by atoms with Crippen molar-refractivity contribution in [2.75, 3.05) is 26.2 Å². The molecule has 1 aliphatic rings. The van der Waals surface area contributed by atoms with Crippen LogP contribution in [0.5, 0.6) is 0 Å². The standard InChI is InChI=1S/C27H26F2N4O/c28-24-7-3-19(4-8-24)27(34)33(14-13-32-11-1-2-12-32)18-23-16-20(5-9-25(23)29)21-6-10-26-22(15-21)17-30-31-26/h3-10,15-17H,1-2,11-14,18H2,(H,30,31). The maximum Gasteiger partial charge on any atom is 0.254 e. The highest BCUT2D eigenvalue weighted by Gasteiger charge is 2.20. The van der Waals surface area contributed by atoms with Crippen LogP contribution < -0.4 is 0 Å². The molecule has 174 valence electrons. The molecule has 5 nitrogen and oxygen atoms in total. The van der Waals surface area contributed by atoms with Crippen LogP contribution in [0.3, 0.4) is 0 Å². The Labute approximate surface area is 197 Å². The monoisotopic (exact) mass is 460 g/mol. The maximum absolute atomic E-state index is 14.9. The first-order chi connectivity index (χ1) is 16.6.